The van der Waals surface area contributed by atoms with E-state index in [1.165, 1.54) is 19.2 Å². The van der Waals surface area contributed by atoms with Crippen LogP contribution < -0.4 is 0 Å². The van der Waals surface area contributed by atoms with Crippen LogP contribution in [-0.4, -0.2) is 43.8 Å². The lowest BCUT2D eigenvalue weighted by atomic mass is 9.87. The number of amides is 1. The number of aromatic nitrogens is 4. The monoisotopic (exact) mass is 309 g/mol. The predicted molar refractivity (Wildman–Crippen MR) is 78.4 cm³/mol. The van der Waals surface area contributed by atoms with E-state index in [4.69, 9.17) is 4.74 Å². The molecule has 23 heavy (non-hydrogen) atoms. The Labute approximate surface area is 132 Å². The fourth-order valence-electron chi connectivity index (χ4n) is 3.30. The summed E-state index contributed by atoms with van der Waals surface area (Å²) in [5.41, 5.74) is 2.00. The Balaban J connectivity index is 1.36. The highest BCUT2D eigenvalue weighted by atomic mass is 16.5. The van der Waals surface area contributed by atoms with Crippen molar-refractivity contribution in [2.75, 3.05) is 13.1 Å². The number of carbonyl (C=O) groups excluding carboxylic acids is 1. The number of hydrogen-bond donors (Lipinski definition) is 0. The molecular formula is C16H15N5O2. The molecule has 3 aliphatic rings. The molecule has 116 valence electrons. The molecule has 7 heteroatoms. The van der Waals surface area contributed by atoms with Gasteiger partial charge in [0, 0.05) is 23.9 Å². The summed E-state index contributed by atoms with van der Waals surface area (Å²) in [5, 5.41) is 0. The number of fused-ring (bicyclic) bond motifs is 2. The summed E-state index contributed by atoms with van der Waals surface area (Å²) in [7, 11) is 0. The quantitative estimate of drug-likeness (QED) is 0.824. The van der Waals surface area contributed by atoms with Gasteiger partial charge in [-0.25, -0.2) is 19.9 Å². The van der Waals surface area contributed by atoms with Crippen LogP contribution in [0.15, 0.2) is 24.8 Å². The van der Waals surface area contributed by atoms with Crippen LogP contribution in [0.5, 0.6) is 0 Å². The first-order chi connectivity index (χ1) is 11.3. The summed E-state index contributed by atoms with van der Waals surface area (Å²) >= 11 is 0. The highest BCUT2D eigenvalue weighted by Crippen LogP contribution is 2.44. The van der Waals surface area contributed by atoms with E-state index in [1.807, 2.05) is 6.20 Å². The average Bonchev–Trinajstić information content (AvgIpc) is 3.34. The van der Waals surface area contributed by atoms with Gasteiger partial charge in [-0.1, -0.05) is 0 Å². The van der Waals surface area contributed by atoms with Crippen molar-refractivity contribution >= 4 is 5.91 Å². The van der Waals surface area contributed by atoms with Crippen molar-refractivity contribution in [3.63, 3.8) is 0 Å². The molecule has 0 radical (unpaired) electrons. The van der Waals surface area contributed by atoms with Gasteiger partial charge in [-0.05, 0) is 18.9 Å². The molecule has 1 saturated heterocycles. The zero-order valence-corrected chi connectivity index (χ0v) is 12.5. The van der Waals surface area contributed by atoms with E-state index in [-0.39, 0.29) is 5.91 Å². The largest absolute Gasteiger partial charge is 0.360 e. The van der Waals surface area contributed by atoms with Crippen molar-refractivity contribution in [1.82, 2.24) is 24.8 Å². The second kappa shape index (κ2) is 4.55. The van der Waals surface area contributed by atoms with E-state index in [0.717, 1.165) is 17.1 Å². The van der Waals surface area contributed by atoms with Crippen molar-refractivity contribution < 1.29 is 9.53 Å². The maximum atomic E-state index is 12.4. The molecule has 0 N–H and O–H groups in total. The smallest absolute Gasteiger partial charge is 0.272 e. The molecule has 1 aliphatic carbocycles. The van der Waals surface area contributed by atoms with E-state index >= 15 is 0 Å². The molecule has 2 fully saturated rings. The van der Waals surface area contributed by atoms with Gasteiger partial charge in [-0.3, -0.25) is 4.79 Å². The van der Waals surface area contributed by atoms with Crippen LogP contribution in [0, 0.1) is 0 Å². The van der Waals surface area contributed by atoms with E-state index in [9.17, 15) is 4.79 Å². The van der Waals surface area contributed by atoms with Crippen molar-refractivity contribution in [2.45, 2.75) is 31.0 Å². The first-order valence-corrected chi connectivity index (χ1v) is 7.81. The SMILES string of the molecule is O=C(c1ccncn1)N1CC2(C1)OCc1nc(C3CC3)ncc12. The highest BCUT2D eigenvalue weighted by Gasteiger charge is 2.53. The maximum absolute atomic E-state index is 12.4. The summed E-state index contributed by atoms with van der Waals surface area (Å²) in [5.74, 6) is 1.39. The second-order valence-electron chi connectivity index (χ2n) is 6.40. The van der Waals surface area contributed by atoms with Gasteiger partial charge in [-0.15, -0.1) is 0 Å². The molecule has 1 spiro atoms. The third-order valence-electron chi connectivity index (χ3n) is 4.79. The van der Waals surface area contributed by atoms with Crippen LogP contribution in [0.3, 0.4) is 0 Å². The Hall–Kier alpha value is -2.41. The molecule has 7 nitrogen and oxygen atoms in total. The number of hydrogen-bond acceptors (Lipinski definition) is 6. The Morgan fingerprint density at radius 1 is 1.30 bits per heavy atom. The number of carbonyl (C=O) groups is 1. The summed E-state index contributed by atoms with van der Waals surface area (Å²) in [6.45, 7) is 1.55. The Morgan fingerprint density at radius 2 is 2.17 bits per heavy atom. The molecule has 2 aliphatic heterocycles. The first-order valence-electron chi connectivity index (χ1n) is 7.81. The Kier molecular flexibility index (Phi) is 2.58. The molecule has 1 saturated carbocycles. The van der Waals surface area contributed by atoms with Gasteiger partial charge in [-0.2, -0.15) is 0 Å². The van der Waals surface area contributed by atoms with Crippen LogP contribution in [-0.2, 0) is 16.9 Å². The first kappa shape index (κ1) is 13.1. The fraction of sp³-hybridized carbons (Fsp3) is 0.438. The summed E-state index contributed by atoms with van der Waals surface area (Å²) in [4.78, 5) is 31.1. The van der Waals surface area contributed by atoms with E-state index in [2.05, 4.69) is 19.9 Å². The zero-order valence-electron chi connectivity index (χ0n) is 12.5. The normalized spacial score (nSPS) is 21.1. The standard InChI is InChI=1S/C16H15N5O2/c22-15(12-3-4-17-9-19-12)21-7-16(8-21)11-5-18-14(10-1-2-10)20-13(11)6-23-16/h3-5,9-10H,1-2,6-8H2. The minimum atomic E-state index is -0.430. The molecular weight excluding hydrogens is 294 g/mol. The molecule has 0 atom stereocenters. The lowest BCUT2D eigenvalue weighted by Gasteiger charge is -2.46. The molecule has 5 rings (SSSR count). The van der Waals surface area contributed by atoms with Crippen LogP contribution in [0.1, 0.15) is 46.3 Å². The molecule has 4 heterocycles. The van der Waals surface area contributed by atoms with Gasteiger partial charge >= 0.3 is 0 Å². The van der Waals surface area contributed by atoms with Gasteiger partial charge in [0.1, 0.15) is 23.4 Å². The molecule has 1 amide bonds. The van der Waals surface area contributed by atoms with E-state index in [0.29, 0.717) is 31.3 Å². The molecule has 0 unspecified atom stereocenters. The number of nitrogens with zero attached hydrogens (tertiary/aromatic N) is 5. The molecule has 0 aromatic carbocycles. The third-order valence-corrected chi connectivity index (χ3v) is 4.79. The predicted octanol–water partition coefficient (Wildman–Crippen LogP) is 1.03. The third kappa shape index (κ3) is 1.96. The van der Waals surface area contributed by atoms with Crippen LogP contribution in [0.25, 0.3) is 0 Å². The van der Waals surface area contributed by atoms with Crippen LogP contribution >= 0.6 is 0 Å². The van der Waals surface area contributed by atoms with E-state index in [1.54, 1.807) is 17.2 Å². The van der Waals surface area contributed by atoms with E-state index < -0.39 is 5.60 Å². The topological polar surface area (TPSA) is 81.1 Å². The molecule has 2 aromatic heterocycles. The minimum absolute atomic E-state index is 0.0920. The van der Waals surface area contributed by atoms with Crippen LogP contribution in [0.4, 0.5) is 0 Å². The minimum Gasteiger partial charge on any atom is -0.360 e. The lowest BCUT2D eigenvalue weighted by molar-refractivity contribution is -0.126. The van der Waals surface area contributed by atoms with Crippen molar-refractivity contribution in [1.29, 1.82) is 0 Å². The second-order valence-corrected chi connectivity index (χ2v) is 6.40. The van der Waals surface area contributed by atoms with Gasteiger partial charge in [0.2, 0.25) is 0 Å². The Bertz CT molecular complexity index is 784. The average molecular weight is 309 g/mol. The fourth-order valence-corrected chi connectivity index (χ4v) is 3.30. The number of likely N-dealkylation sites (tertiary alicyclic amines) is 1. The van der Waals surface area contributed by atoms with Crippen LogP contribution in [0.2, 0.25) is 0 Å². The summed E-state index contributed by atoms with van der Waals surface area (Å²) in [6, 6.07) is 1.63. The van der Waals surface area contributed by atoms with Gasteiger partial charge in [0.15, 0.2) is 0 Å². The lowest BCUT2D eigenvalue weighted by Crippen LogP contribution is -2.61. The van der Waals surface area contributed by atoms with Crippen molar-refractivity contribution in [3.8, 4) is 0 Å². The zero-order chi connectivity index (χ0) is 15.4. The Morgan fingerprint density at radius 3 is 2.91 bits per heavy atom. The van der Waals surface area contributed by atoms with Crippen molar-refractivity contribution in [2.24, 2.45) is 0 Å². The number of rotatable bonds is 2. The molecule has 2 aromatic rings. The summed E-state index contributed by atoms with van der Waals surface area (Å²) in [6.07, 6.45) is 7.23. The van der Waals surface area contributed by atoms with Gasteiger partial charge in [0.05, 0.1) is 25.4 Å². The van der Waals surface area contributed by atoms with Crippen molar-refractivity contribution in [3.05, 3.63) is 47.6 Å². The molecule has 0 bridgehead atoms. The maximum Gasteiger partial charge on any atom is 0.272 e. The summed E-state index contributed by atoms with van der Waals surface area (Å²) < 4.78 is 5.99. The highest BCUT2D eigenvalue weighted by molar-refractivity contribution is 5.93. The van der Waals surface area contributed by atoms with Gasteiger partial charge < -0.3 is 9.64 Å². The number of ether oxygens (including phenoxy) is 1. The van der Waals surface area contributed by atoms with Gasteiger partial charge in [0.25, 0.3) is 5.91 Å².